The maximum atomic E-state index is 11.7. The molecule has 0 saturated carbocycles. The number of amides is 2. The first-order chi connectivity index (χ1) is 11.3. The van der Waals surface area contributed by atoms with Crippen molar-refractivity contribution in [3.63, 3.8) is 0 Å². The minimum atomic E-state index is -0.833. The molecule has 0 unspecified atom stereocenters. The number of hydrogen-bond acceptors (Lipinski definition) is 4. The lowest BCUT2D eigenvalue weighted by atomic mass is 10.1. The van der Waals surface area contributed by atoms with E-state index in [1.54, 1.807) is 7.05 Å². The van der Waals surface area contributed by atoms with Crippen molar-refractivity contribution in [3.05, 3.63) is 35.0 Å². The van der Waals surface area contributed by atoms with Crippen molar-refractivity contribution in [1.82, 2.24) is 9.30 Å². The minimum Gasteiger partial charge on any atom is -0.352 e. The lowest BCUT2D eigenvalue weighted by Crippen LogP contribution is -2.31. The van der Waals surface area contributed by atoms with Crippen LogP contribution in [0.4, 0.5) is 4.79 Å². The maximum Gasteiger partial charge on any atom is 0.361 e. The van der Waals surface area contributed by atoms with Gasteiger partial charge in [-0.05, 0) is 12.8 Å². The molecule has 0 saturated heterocycles. The molecule has 0 fully saturated rings. The number of aromatic nitrogens is 2. The highest BCUT2D eigenvalue weighted by Gasteiger charge is 2.09. The van der Waals surface area contributed by atoms with E-state index in [0.29, 0.717) is 0 Å². The van der Waals surface area contributed by atoms with Crippen LogP contribution < -0.4 is 22.0 Å². The van der Waals surface area contributed by atoms with Gasteiger partial charge in [0.15, 0.2) is 0 Å². The van der Waals surface area contributed by atoms with Crippen LogP contribution in [-0.2, 0) is 11.8 Å². The number of nitrogens with zero attached hydrogens (tertiary/aromatic N) is 2. The summed E-state index contributed by atoms with van der Waals surface area (Å²) in [6.45, 7) is 6.07. The molecule has 0 aliphatic heterocycles. The Bertz CT molecular complexity index is 585. The predicted octanol–water partition coefficient (Wildman–Crippen LogP) is 1.47. The number of carbonyl (C=O) groups excluding carboxylic acids is 2. The Labute approximate surface area is 142 Å². The molecule has 4 N–H and O–H groups in total. The van der Waals surface area contributed by atoms with Gasteiger partial charge in [0.05, 0.1) is 12.6 Å². The smallest absolute Gasteiger partial charge is 0.352 e. The summed E-state index contributed by atoms with van der Waals surface area (Å²) < 4.78 is 2.28. The summed E-state index contributed by atoms with van der Waals surface area (Å²) in [6.07, 6.45) is 9.89. The van der Waals surface area contributed by atoms with E-state index < -0.39 is 12.0 Å². The van der Waals surface area contributed by atoms with Crippen molar-refractivity contribution in [1.29, 1.82) is 0 Å². The number of primary amides is 2. The van der Waals surface area contributed by atoms with Gasteiger partial charge >= 0.3 is 17.7 Å². The van der Waals surface area contributed by atoms with Crippen LogP contribution in [0.25, 0.3) is 0 Å². The van der Waals surface area contributed by atoms with E-state index in [-0.39, 0.29) is 12.1 Å². The molecule has 0 radical (unpaired) electrons. The zero-order chi connectivity index (χ0) is 18.5. The zero-order valence-corrected chi connectivity index (χ0v) is 14.5. The second-order valence-corrected chi connectivity index (χ2v) is 5.47. The first-order valence-electron chi connectivity index (χ1n) is 7.94. The van der Waals surface area contributed by atoms with E-state index in [9.17, 15) is 9.59 Å². The van der Waals surface area contributed by atoms with Crippen molar-refractivity contribution in [2.75, 3.05) is 0 Å². The van der Waals surface area contributed by atoms with Crippen molar-refractivity contribution in [3.8, 4) is 0 Å². The highest BCUT2D eigenvalue weighted by atomic mass is 16.7. The van der Waals surface area contributed by atoms with E-state index in [2.05, 4.69) is 25.0 Å². The third-order valence-electron chi connectivity index (χ3n) is 3.14. The van der Waals surface area contributed by atoms with Crippen molar-refractivity contribution in [2.24, 2.45) is 18.5 Å². The van der Waals surface area contributed by atoms with Crippen LogP contribution in [0.1, 0.15) is 51.9 Å². The SMILES string of the molecule is C=C(CCCCCCC)CC(=O)On1ccn(C)c1=O.NC(N)=O. The van der Waals surface area contributed by atoms with Crippen LogP contribution in [-0.4, -0.2) is 21.3 Å². The topological polar surface area (TPSA) is 122 Å². The third-order valence-corrected chi connectivity index (χ3v) is 3.14. The van der Waals surface area contributed by atoms with E-state index in [0.717, 1.165) is 23.1 Å². The fourth-order valence-electron chi connectivity index (χ4n) is 1.93. The highest BCUT2D eigenvalue weighted by molar-refractivity contribution is 5.72. The van der Waals surface area contributed by atoms with Crippen LogP contribution in [0.5, 0.6) is 0 Å². The predicted molar refractivity (Wildman–Crippen MR) is 92.2 cm³/mol. The highest BCUT2D eigenvalue weighted by Crippen LogP contribution is 2.12. The Balaban J connectivity index is 0.00000118. The largest absolute Gasteiger partial charge is 0.361 e. The Morgan fingerprint density at radius 2 is 1.75 bits per heavy atom. The number of imidazole rings is 1. The first-order valence-corrected chi connectivity index (χ1v) is 7.94. The number of unbranched alkanes of at least 4 members (excludes halogenated alkanes) is 4. The van der Waals surface area contributed by atoms with Gasteiger partial charge in [-0.1, -0.05) is 44.8 Å². The van der Waals surface area contributed by atoms with Crippen LogP contribution in [0.15, 0.2) is 29.3 Å². The van der Waals surface area contributed by atoms with Crippen molar-refractivity contribution in [2.45, 2.75) is 51.9 Å². The monoisotopic (exact) mass is 340 g/mol. The summed E-state index contributed by atoms with van der Waals surface area (Å²) in [5.41, 5.74) is 8.99. The molecule has 8 heteroatoms. The van der Waals surface area contributed by atoms with Crippen LogP contribution >= 0.6 is 0 Å². The van der Waals surface area contributed by atoms with E-state index >= 15 is 0 Å². The average molecular weight is 340 g/mol. The second-order valence-electron chi connectivity index (χ2n) is 5.47. The summed E-state index contributed by atoms with van der Waals surface area (Å²) in [4.78, 5) is 37.1. The van der Waals surface area contributed by atoms with E-state index in [1.807, 2.05) is 0 Å². The molecule has 1 aromatic heterocycles. The van der Waals surface area contributed by atoms with Crippen molar-refractivity contribution < 1.29 is 14.4 Å². The molecule has 0 bridgehead atoms. The van der Waals surface area contributed by atoms with Crippen LogP contribution in [0.3, 0.4) is 0 Å². The van der Waals surface area contributed by atoms with Crippen LogP contribution in [0, 0.1) is 0 Å². The molecule has 0 atom stereocenters. The van der Waals surface area contributed by atoms with Gasteiger partial charge in [-0.3, -0.25) is 4.57 Å². The standard InChI is InChI=1S/C15H24N2O3.CH4N2O/c1-4-5-6-7-8-9-13(2)12-14(18)20-17-11-10-16(3)15(17)19;2-1(3)4/h10-11H,2,4-9,12H2,1,3H3;(H4,2,3,4). The Hall–Kier alpha value is -2.51. The zero-order valence-electron chi connectivity index (χ0n) is 14.5. The Morgan fingerprint density at radius 3 is 2.25 bits per heavy atom. The lowest BCUT2D eigenvalue weighted by Gasteiger charge is -2.06. The number of urea groups is 1. The molecule has 0 aliphatic rings. The van der Waals surface area contributed by atoms with Gasteiger partial charge in [-0.2, -0.15) is 0 Å². The van der Waals surface area contributed by atoms with Gasteiger partial charge in [0.1, 0.15) is 0 Å². The quantitative estimate of drug-likeness (QED) is 0.522. The lowest BCUT2D eigenvalue weighted by molar-refractivity contribution is -0.143. The summed E-state index contributed by atoms with van der Waals surface area (Å²) in [5, 5.41) is 0. The van der Waals surface area contributed by atoms with Gasteiger partial charge in [0, 0.05) is 13.2 Å². The number of rotatable bonds is 9. The van der Waals surface area contributed by atoms with Crippen LogP contribution in [0.2, 0.25) is 0 Å². The molecule has 0 aliphatic carbocycles. The molecular formula is C16H28N4O4. The minimum absolute atomic E-state index is 0.162. The normalized spacial score (nSPS) is 9.75. The molecule has 1 rings (SSSR count). The molecule has 1 heterocycles. The summed E-state index contributed by atoms with van der Waals surface area (Å²) >= 11 is 0. The number of carbonyl (C=O) groups is 2. The maximum absolute atomic E-state index is 11.7. The van der Waals surface area contributed by atoms with Crippen molar-refractivity contribution >= 4 is 12.0 Å². The molecule has 24 heavy (non-hydrogen) atoms. The number of nitrogens with two attached hydrogens (primary N) is 2. The first kappa shape index (κ1) is 21.5. The fourth-order valence-corrected chi connectivity index (χ4v) is 1.93. The Kier molecular flexibility index (Phi) is 10.7. The van der Waals surface area contributed by atoms with Gasteiger partial charge < -0.3 is 16.3 Å². The summed E-state index contributed by atoms with van der Waals surface area (Å²) in [6, 6.07) is -0.833. The molecule has 8 nitrogen and oxygen atoms in total. The van der Waals surface area contributed by atoms with Gasteiger partial charge in [-0.15, -0.1) is 4.73 Å². The molecule has 2 amide bonds. The fraction of sp³-hybridized carbons (Fsp3) is 0.562. The second kappa shape index (κ2) is 12.0. The number of hydrogen-bond donors (Lipinski definition) is 2. The molecule has 136 valence electrons. The van der Waals surface area contributed by atoms with Gasteiger partial charge in [0.25, 0.3) is 0 Å². The average Bonchev–Trinajstić information content (AvgIpc) is 2.78. The van der Waals surface area contributed by atoms with E-state index in [4.69, 9.17) is 9.63 Å². The molecular weight excluding hydrogens is 312 g/mol. The molecule has 0 spiro atoms. The molecule has 1 aromatic rings. The van der Waals surface area contributed by atoms with E-state index in [1.165, 1.54) is 42.6 Å². The third kappa shape index (κ3) is 10.3. The Morgan fingerprint density at radius 1 is 1.17 bits per heavy atom. The van der Waals surface area contributed by atoms with Gasteiger partial charge in [-0.25, -0.2) is 14.4 Å². The summed E-state index contributed by atoms with van der Waals surface area (Å²) in [7, 11) is 1.60. The molecule has 0 aromatic carbocycles. The summed E-state index contributed by atoms with van der Waals surface area (Å²) in [5.74, 6) is -0.447. The number of aryl methyl sites for hydroxylation is 1. The van der Waals surface area contributed by atoms with Gasteiger partial charge in [0.2, 0.25) is 0 Å².